The lowest BCUT2D eigenvalue weighted by atomic mass is 9.99. The summed E-state index contributed by atoms with van der Waals surface area (Å²) in [5.74, 6) is -0.488. The molecule has 1 aromatic carbocycles. The number of sulfonamides is 1. The monoisotopic (exact) mass is 316 g/mol. The second-order valence-corrected chi connectivity index (χ2v) is 7.38. The lowest BCUT2D eigenvalue weighted by molar-refractivity contribution is -0.120. The molecule has 1 amide bonds. The molecule has 1 aromatic rings. The number of amides is 1. The molecule has 1 saturated heterocycles. The molecule has 20 heavy (non-hydrogen) atoms. The van der Waals surface area contributed by atoms with E-state index >= 15 is 0 Å². The minimum atomic E-state index is -3.24. The molecule has 1 atom stereocenters. The van der Waals surface area contributed by atoms with Gasteiger partial charge in [0.25, 0.3) is 0 Å². The number of hydrogen-bond donors (Lipinski definition) is 1. The Bertz CT molecular complexity index is 603. The highest BCUT2D eigenvalue weighted by molar-refractivity contribution is 7.88. The number of carbonyl (C=O) groups is 1. The highest BCUT2D eigenvalue weighted by Gasteiger charge is 2.30. The van der Waals surface area contributed by atoms with E-state index in [-0.39, 0.29) is 18.4 Å². The van der Waals surface area contributed by atoms with Crippen LogP contribution in [-0.2, 0) is 14.8 Å². The number of hydrogen-bond acceptors (Lipinski definition) is 3. The van der Waals surface area contributed by atoms with Crippen molar-refractivity contribution in [3.63, 3.8) is 0 Å². The fourth-order valence-electron chi connectivity index (χ4n) is 2.27. The summed E-state index contributed by atoms with van der Waals surface area (Å²) >= 11 is 5.86. The predicted molar refractivity (Wildman–Crippen MR) is 79.2 cm³/mol. The van der Waals surface area contributed by atoms with Crippen LogP contribution in [0.4, 0.5) is 5.69 Å². The molecule has 1 unspecified atom stereocenters. The van der Waals surface area contributed by atoms with Crippen molar-refractivity contribution in [3.05, 3.63) is 29.3 Å². The van der Waals surface area contributed by atoms with Gasteiger partial charge in [-0.3, -0.25) is 4.79 Å². The Labute approximate surface area is 124 Å². The first-order valence-electron chi connectivity index (χ1n) is 6.38. The zero-order valence-electron chi connectivity index (χ0n) is 11.2. The summed E-state index contributed by atoms with van der Waals surface area (Å²) in [7, 11) is -3.24. The van der Waals surface area contributed by atoms with Crippen molar-refractivity contribution in [3.8, 4) is 0 Å². The Morgan fingerprint density at radius 1 is 1.45 bits per heavy atom. The van der Waals surface area contributed by atoms with Gasteiger partial charge in [0.15, 0.2) is 0 Å². The summed E-state index contributed by atoms with van der Waals surface area (Å²) < 4.78 is 24.4. The molecule has 0 saturated carbocycles. The van der Waals surface area contributed by atoms with Crippen LogP contribution in [0.15, 0.2) is 24.3 Å². The van der Waals surface area contributed by atoms with Crippen LogP contribution in [0.5, 0.6) is 0 Å². The number of nitrogens with zero attached hydrogens (tertiary/aromatic N) is 1. The molecular formula is C13H17ClN2O3S. The van der Waals surface area contributed by atoms with E-state index in [4.69, 9.17) is 11.6 Å². The molecule has 5 nitrogen and oxygen atoms in total. The topological polar surface area (TPSA) is 66.5 Å². The standard InChI is InChI=1S/C13H17ClN2O3S/c1-20(18,19)16-7-3-4-10(9-16)13(17)15-12-6-2-5-11(14)8-12/h2,5-6,8,10H,3-4,7,9H2,1H3,(H,15,17). The van der Waals surface area contributed by atoms with Crippen LogP contribution in [0, 0.1) is 5.92 Å². The lowest BCUT2D eigenvalue weighted by Crippen LogP contribution is -2.43. The number of halogens is 1. The minimum absolute atomic E-state index is 0.166. The van der Waals surface area contributed by atoms with Gasteiger partial charge in [0.05, 0.1) is 12.2 Å². The third kappa shape index (κ3) is 3.94. The molecule has 2 rings (SSSR count). The lowest BCUT2D eigenvalue weighted by Gasteiger charge is -2.30. The quantitative estimate of drug-likeness (QED) is 0.927. The van der Waals surface area contributed by atoms with Crippen molar-refractivity contribution in [1.82, 2.24) is 4.31 Å². The number of piperidine rings is 1. The van der Waals surface area contributed by atoms with Gasteiger partial charge in [0.1, 0.15) is 0 Å². The number of anilines is 1. The molecule has 0 aliphatic carbocycles. The largest absolute Gasteiger partial charge is 0.326 e. The van der Waals surface area contributed by atoms with Gasteiger partial charge in [-0.1, -0.05) is 17.7 Å². The van der Waals surface area contributed by atoms with E-state index in [0.717, 1.165) is 0 Å². The Kier molecular flexibility index (Phi) is 4.67. The van der Waals surface area contributed by atoms with Crippen molar-refractivity contribution in [1.29, 1.82) is 0 Å². The fourth-order valence-corrected chi connectivity index (χ4v) is 3.37. The summed E-state index contributed by atoms with van der Waals surface area (Å²) in [5.41, 5.74) is 0.624. The summed E-state index contributed by atoms with van der Waals surface area (Å²) in [6.45, 7) is 0.727. The number of rotatable bonds is 3. The molecule has 0 radical (unpaired) electrons. The second-order valence-electron chi connectivity index (χ2n) is 4.96. The molecule has 110 valence electrons. The average Bonchev–Trinajstić information content (AvgIpc) is 2.38. The van der Waals surface area contributed by atoms with Gasteiger partial charge in [-0.2, -0.15) is 0 Å². The molecule has 0 aromatic heterocycles. The predicted octanol–water partition coefficient (Wildman–Crippen LogP) is 1.95. The van der Waals surface area contributed by atoms with E-state index in [1.165, 1.54) is 10.6 Å². The highest BCUT2D eigenvalue weighted by atomic mass is 35.5. The molecule has 7 heteroatoms. The Hall–Kier alpha value is -1.11. The molecule has 0 spiro atoms. The smallest absolute Gasteiger partial charge is 0.228 e. The van der Waals surface area contributed by atoms with Gasteiger partial charge < -0.3 is 5.32 Å². The van der Waals surface area contributed by atoms with Crippen molar-refractivity contribution in [2.45, 2.75) is 12.8 Å². The summed E-state index contributed by atoms with van der Waals surface area (Å²) in [4.78, 5) is 12.2. The van der Waals surface area contributed by atoms with Crippen molar-refractivity contribution >= 4 is 33.2 Å². The third-order valence-electron chi connectivity index (χ3n) is 3.32. The summed E-state index contributed by atoms with van der Waals surface area (Å²) in [5, 5.41) is 3.33. The Morgan fingerprint density at radius 3 is 2.85 bits per heavy atom. The zero-order valence-corrected chi connectivity index (χ0v) is 12.7. The van der Waals surface area contributed by atoms with E-state index in [2.05, 4.69) is 5.32 Å². The molecule has 1 heterocycles. The van der Waals surface area contributed by atoms with Crippen LogP contribution in [0.2, 0.25) is 5.02 Å². The van der Waals surface area contributed by atoms with Crippen molar-refractivity contribution < 1.29 is 13.2 Å². The number of nitrogens with one attached hydrogen (secondary N) is 1. The van der Waals surface area contributed by atoms with Crippen molar-refractivity contribution in [2.75, 3.05) is 24.7 Å². The third-order valence-corrected chi connectivity index (χ3v) is 4.82. The van der Waals surface area contributed by atoms with E-state index < -0.39 is 10.0 Å². The summed E-state index contributed by atoms with van der Waals surface area (Å²) in [6, 6.07) is 6.89. The van der Waals surface area contributed by atoms with Crippen LogP contribution in [0.1, 0.15) is 12.8 Å². The minimum Gasteiger partial charge on any atom is -0.326 e. The molecule has 0 bridgehead atoms. The maximum Gasteiger partial charge on any atom is 0.228 e. The van der Waals surface area contributed by atoms with Crippen molar-refractivity contribution in [2.24, 2.45) is 5.92 Å². The number of benzene rings is 1. The average molecular weight is 317 g/mol. The normalized spacial score (nSPS) is 20.6. The van der Waals surface area contributed by atoms with Crippen LogP contribution in [-0.4, -0.2) is 38.0 Å². The van der Waals surface area contributed by atoms with Crippen LogP contribution < -0.4 is 5.32 Å². The van der Waals surface area contributed by atoms with Gasteiger partial charge in [-0.15, -0.1) is 0 Å². The first-order valence-corrected chi connectivity index (χ1v) is 8.60. The molecule has 1 N–H and O–H groups in total. The van der Waals surface area contributed by atoms with E-state index in [9.17, 15) is 13.2 Å². The Morgan fingerprint density at radius 2 is 2.20 bits per heavy atom. The van der Waals surface area contributed by atoms with E-state index in [1.54, 1.807) is 24.3 Å². The molecule has 1 aliphatic rings. The molecule has 1 fully saturated rings. The zero-order chi connectivity index (χ0) is 14.8. The van der Waals surface area contributed by atoms with E-state index in [1.807, 2.05) is 0 Å². The first kappa shape index (κ1) is 15.3. The van der Waals surface area contributed by atoms with Gasteiger partial charge >= 0.3 is 0 Å². The van der Waals surface area contributed by atoms with Crippen LogP contribution in [0.25, 0.3) is 0 Å². The van der Waals surface area contributed by atoms with Crippen LogP contribution in [0.3, 0.4) is 0 Å². The highest BCUT2D eigenvalue weighted by Crippen LogP contribution is 2.21. The number of carbonyl (C=O) groups excluding carboxylic acids is 1. The van der Waals surface area contributed by atoms with E-state index in [0.29, 0.717) is 30.1 Å². The molecular weight excluding hydrogens is 300 g/mol. The second kappa shape index (κ2) is 6.11. The fraction of sp³-hybridized carbons (Fsp3) is 0.462. The SMILES string of the molecule is CS(=O)(=O)N1CCCC(C(=O)Nc2cccc(Cl)c2)C1. The summed E-state index contributed by atoms with van der Waals surface area (Å²) in [6.07, 6.45) is 2.56. The maximum absolute atomic E-state index is 12.2. The van der Waals surface area contributed by atoms with Gasteiger partial charge in [-0.05, 0) is 31.0 Å². The first-order chi connectivity index (χ1) is 9.36. The van der Waals surface area contributed by atoms with Crippen LogP contribution >= 0.6 is 11.6 Å². The Balaban J connectivity index is 2.02. The molecule has 1 aliphatic heterocycles. The van der Waals surface area contributed by atoms with Gasteiger partial charge in [-0.25, -0.2) is 12.7 Å². The van der Waals surface area contributed by atoms with Gasteiger partial charge in [0, 0.05) is 23.8 Å². The maximum atomic E-state index is 12.2. The van der Waals surface area contributed by atoms with Gasteiger partial charge in [0.2, 0.25) is 15.9 Å².